The van der Waals surface area contributed by atoms with Crippen LogP contribution < -0.4 is 0 Å². The van der Waals surface area contributed by atoms with Gasteiger partial charge >= 0.3 is 5.97 Å². The summed E-state index contributed by atoms with van der Waals surface area (Å²) in [5.74, 6) is -0.731. The Morgan fingerprint density at radius 3 is 2.57 bits per heavy atom. The van der Waals surface area contributed by atoms with E-state index in [1.54, 1.807) is 0 Å². The molecular weight excluding hydrogens is 180 g/mol. The molecule has 1 N–H and O–H groups in total. The zero-order valence-corrected chi connectivity index (χ0v) is 8.65. The number of unbranched alkanes of at least 4 members (excludes halogenated alkanes) is 1. The molecule has 0 aromatic rings. The lowest BCUT2D eigenvalue weighted by molar-refractivity contribution is -0.137. The van der Waals surface area contributed by atoms with E-state index in [0.717, 1.165) is 13.2 Å². The molecule has 1 rings (SSSR count). The van der Waals surface area contributed by atoms with Gasteiger partial charge in [-0.3, -0.25) is 4.79 Å². The summed E-state index contributed by atoms with van der Waals surface area (Å²) in [6, 6.07) is 0. The van der Waals surface area contributed by atoms with Crippen molar-refractivity contribution in [3.8, 4) is 0 Å². The van der Waals surface area contributed by atoms with Crippen LogP contribution in [0.5, 0.6) is 0 Å². The monoisotopic (exact) mass is 198 g/mol. The van der Waals surface area contributed by atoms with E-state index in [4.69, 9.17) is 5.11 Å². The maximum Gasteiger partial charge on any atom is 0.305 e. The summed E-state index contributed by atoms with van der Waals surface area (Å²) in [7, 11) is 0. The third-order valence-electron chi connectivity index (χ3n) is 2.26. The van der Waals surface area contributed by atoms with E-state index in [2.05, 4.69) is 11.8 Å². The molecule has 0 aromatic heterocycles. The number of hydrogen-bond donors (Lipinski definition) is 1. The van der Waals surface area contributed by atoms with Gasteiger partial charge in [-0.1, -0.05) is 13.3 Å². The first kappa shape index (κ1) is 10.9. The molecule has 4 nitrogen and oxygen atoms in total. The smallest absolute Gasteiger partial charge is 0.305 e. The Bertz CT molecular complexity index is 216. The van der Waals surface area contributed by atoms with Gasteiger partial charge in [0.1, 0.15) is 0 Å². The molecule has 80 valence electrons. The van der Waals surface area contributed by atoms with Crippen molar-refractivity contribution < 1.29 is 9.90 Å². The molecule has 4 heteroatoms. The van der Waals surface area contributed by atoms with Crippen molar-refractivity contribution in [3.05, 3.63) is 12.4 Å². The number of carboxylic acids is 1. The lowest BCUT2D eigenvalue weighted by Gasteiger charge is -2.20. The second kappa shape index (κ2) is 5.52. The SMILES string of the molecule is CCCCN1C=CN(CCC(=O)O)C1. The van der Waals surface area contributed by atoms with Crippen LogP contribution in [0.2, 0.25) is 0 Å². The number of carboxylic acid groups (broad SMARTS) is 1. The van der Waals surface area contributed by atoms with Gasteiger partial charge in [-0.15, -0.1) is 0 Å². The number of carbonyl (C=O) groups is 1. The van der Waals surface area contributed by atoms with E-state index in [0.29, 0.717) is 6.54 Å². The van der Waals surface area contributed by atoms with Crippen molar-refractivity contribution in [1.29, 1.82) is 0 Å². The molecule has 1 aliphatic heterocycles. The first-order valence-corrected chi connectivity index (χ1v) is 5.10. The summed E-state index contributed by atoms with van der Waals surface area (Å²) in [5.41, 5.74) is 0. The second-order valence-electron chi connectivity index (χ2n) is 3.56. The van der Waals surface area contributed by atoms with Crippen molar-refractivity contribution in [3.63, 3.8) is 0 Å². The number of rotatable bonds is 6. The van der Waals surface area contributed by atoms with E-state index in [9.17, 15) is 4.79 Å². The van der Waals surface area contributed by atoms with Gasteiger partial charge in [0.2, 0.25) is 0 Å². The maximum atomic E-state index is 10.3. The van der Waals surface area contributed by atoms with Crippen molar-refractivity contribution >= 4 is 5.97 Å². The molecule has 0 spiro atoms. The standard InChI is InChI=1S/C10H18N2O2/c1-2-3-5-11-7-8-12(9-11)6-4-10(13)14/h7-8H,2-6,9H2,1H3,(H,13,14). The van der Waals surface area contributed by atoms with Crippen LogP contribution in [0, 0.1) is 0 Å². The highest BCUT2D eigenvalue weighted by atomic mass is 16.4. The molecule has 0 unspecified atom stereocenters. The Hall–Kier alpha value is -1.19. The molecule has 0 aromatic carbocycles. The van der Waals surface area contributed by atoms with Crippen LogP contribution in [0.1, 0.15) is 26.2 Å². The first-order chi connectivity index (χ1) is 6.72. The average Bonchev–Trinajstić information content (AvgIpc) is 2.59. The molecule has 14 heavy (non-hydrogen) atoms. The van der Waals surface area contributed by atoms with Crippen molar-refractivity contribution in [2.75, 3.05) is 19.8 Å². The van der Waals surface area contributed by atoms with E-state index >= 15 is 0 Å². The van der Waals surface area contributed by atoms with Gasteiger partial charge in [-0.25, -0.2) is 0 Å². The Labute approximate surface area is 84.8 Å². The van der Waals surface area contributed by atoms with Crippen LogP contribution in [0.25, 0.3) is 0 Å². The van der Waals surface area contributed by atoms with Gasteiger partial charge < -0.3 is 14.9 Å². The summed E-state index contributed by atoms with van der Waals surface area (Å²) < 4.78 is 0. The fraction of sp³-hybridized carbons (Fsp3) is 0.700. The summed E-state index contributed by atoms with van der Waals surface area (Å²) in [6.45, 7) is 4.68. The Morgan fingerprint density at radius 2 is 2.00 bits per heavy atom. The molecule has 0 atom stereocenters. The van der Waals surface area contributed by atoms with Gasteiger partial charge in [0, 0.05) is 25.5 Å². The minimum Gasteiger partial charge on any atom is -0.481 e. The summed E-state index contributed by atoms with van der Waals surface area (Å²) >= 11 is 0. The Balaban J connectivity index is 2.15. The number of nitrogens with zero attached hydrogens (tertiary/aromatic N) is 2. The highest BCUT2D eigenvalue weighted by molar-refractivity contribution is 5.66. The molecular formula is C10H18N2O2. The fourth-order valence-corrected chi connectivity index (χ4v) is 1.41. The van der Waals surface area contributed by atoms with Gasteiger partial charge in [-0.2, -0.15) is 0 Å². The molecule has 0 amide bonds. The predicted molar refractivity (Wildman–Crippen MR) is 54.6 cm³/mol. The van der Waals surface area contributed by atoms with Gasteiger partial charge in [0.05, 0.1) is 13.1 Å². The van der Waals surface area contributed by atoms with Crippen molar-refractivity contribution in [2.24, 2.45) is 0 Å². The van der Waals surface area contributed by atoms with Crippen LogP contribution in [0.15, 0.2) is 12.4 Å². The van der Waals surface area contributed by atoms with Crippen LogP contribution in [0.3, 0.4) is 0 Å². The van der Waals surface area contributed by atoms with Crippen LogP contribution >= 0.6 is 0 Å². The molecule has 1 aliphatic rings. The highest BCUT2D eigenvalue weighted by Gasteiger charge is 2.11. The highest BCUT2D eigenvalue weighted by Crippen LogP contribution is 2.07. The molecule has 0 saturated carbocycles. The third kappa shape index (κ3) is 3.68. The van der Waals surface area contributed by atoms with Gasteiger partial charge in [-0.05, 0) is 6.42 Å². The van der Waals surface area contributed by atoms with Crippen LogP contribution in [-0.2, 0) is 4.79 Å². The van der Waals surface area contributed by atoms with E-state index in [1.807, 2.05) is 17.3 Å². The van der Waals surface area contributed by atoms with E-state index in [-0.39, 0.29) is 6.42 Å². The van der Waals surface area contributed by atoms with Gasteiger partial charge in [0.15, 0.2) is 0 Å². The molecule has 0 radical (unpaired) electrons. The lowest BCUT2D eigenvalue weighted by Crippen LogP contribution is -2.27. The van der Waals surface area contributed by atoms with E-state index < -0.39 is 5.97 Å². The fourth-order valence-electron chi connectivity index (χ4n) is 1.41. The van der Waals surface area contributed by atoms with Crippen molar-refractivity contribution in [2.45, 2.75) is 26.2 Å². The molecule has 1 heterocycles. The predicted octanol–water partition coefficient (Wildman–Crippen LogP) is 1.31. The average molecular weight is 198 g/mol. The summed E-state index contributed by atoms with van der Waals surface area (Å²) in [4.78, 5) is 14.6. The first-order valence-electron chi connectivity index (χ1n) is 5.10. The topological polar surface area (TPSA) is 43.8 Å². The Kier molecular flexibility index (Phi) is 4.29. The van der Waals surface area contributed by atoms with Crippen LogP contribution in [-0.4, -0.2) is 40.6 Å². The van der Waals surface area contributed by atoms with Crippen molar-refractivity contribution in [1.82, 2.24) is 9.80 Å². The molecule has 0 aliphatic carbocycles. The maximum absolute atomic E-state index is 10.3. The second-order valence-corrected chi connectivity index (χ2v) is 3.56. The van der Waals surface area contributed by atoms with E-state index in [1.165, 1.54) is 12.8 Å². The number of aliphatic carboxylic acids is 1. The zero-order valence-electron chi connectivity index (χ0n) is 8.65. The van der Waals surface area contributed by atoms with Gasteiger partial charge in [0.25, 0.3) is 0 Å². The number of hydrogen-bond acceptors (Lipinski definition) is 3. The molecule has 0 saturated heterocycles. The third-order valence-corrected chi connectivity index (χ3v) is 2.26. The summed E-state index contributed by atoms with van der Waals surface area (Å²) in [6.07, 6.45) is 6.61. The lowest BCUT2D eigenvalue weighted by atomic mass is 10.3. The summed E-state index contributed by atoms with van der Waals surface area (Å²) in [5, 5.41) is 8.52. The quantitative estimate of drug-likeness (QED) is 0.698. The largest absolute Gasteiger partial charge is 0.481 e. The van der Waals surface area contributed by atoms with Crippen LogP contribution in [0.4, 0.5) is 0 Å². The zero-order chi connectivity index (χ0) is 10.4. The minimum absolute atomic E-state index is 0.214. The minimum atomic E-state index is -0.731. The normalized spacial score (nSPS) is 15.2. The Morgan fingerprint density at radius 1 is 1.36 bits per heavy atom. The molecule has 0 fully saturated rings. The molecule has 0 bridgehead atoms.